The highest BCUT2D eigenvalue weighted by Crippen LogP contribution is 2.62. The summed E-state index contributed by atoms with van der Waals surface area (Å²) in [5.41, 5.74) is 0.0515. The van der Waals surface area contributed by atoms with Gasteiger partial charge in [0.1, 0.15) is 17.5 Å². The van der Waals surface area contributed by atoms with E-state index >= 15 is 4.39 Å². The van der Waals surface area contributed by atoms with Crippen molar-refractivity contribution in [3.05, 3.63) is 69.5 Å². The minimum atomic E-state index is -1.33. The van der Waals surface area contributed by atoms with Crippen molar-refractivity contribution in [3.63, 3.8) is 0 Å². The maximum Gasteiger partial charge on any atom is 0.255 e. The molecule has 36 heavy (non-hydrogen) atoms. The van der Waals surface area contributed by atoms with Crippen molar-refractivity contribution in [2.75, 3.05) is 13.1 Å². The van der Waals surface area contributed by atoms with Gasteiger partial charge in [0, 0.05) is 53.2 Å². The Morgan fingerprint density at radius 3 is 2.53 bits per heavy atom. The van der Waals surface area contributed by atoms with E-state index in [2.05, 4.69) is 10.2 Å². The molecule has 9 heteroatoms. The van der Waals surface area contributed by atoms with Gasteiger partial charge < -0.3 is 10.0 Å². The van der Waals surface area contributed by atoms with Crippen LogP contribution < -0.4 is 5.32 Å². The fraction of sp³-hybridized carbons (Fsp3) is 0.444. The first-order chi connectivity index (χ1) is 17.2. The molecule has 3 aliphatic heterocycles. The summed E-state index contributed by atoms with van der Waals surface area (Å²) in [4.78, 5) is 40.5. The number of piperidine rings is 2. The Kier molecular flexibility index (Phi) is 5.48. The number of benzene rings is 2. The molecule has 2 aromatic rings. The monoisotopic (exact) mass is 511 g/mol. The zero-order chi connectivity index (χ0) is 25.2. The van der Waals surface area contributed by atoms with Crippen LogP contribution in [0.15, 0.2) is 36.4 Å². The molecule has 2 aromatic carbocycles. The standard InChI is InChI=1S/C27H27ClFN3O4/c28-17-3-1-16(2-4-17)13-31-12-11-27(36,26(15-31)9-10-26)20-6-5-18-19(23(20)29)14-32(25(18)35)21-7-8-22(33)30-24(21)34/h1-6,21,36H,7-15H2,(H,30,33,34). The van der Waals surface area contributed by atoms with Gasteiger partial charge in [-0.3, -0.25) is 24.6 Å². The number of fused-ring (bicyclic) bond motifs is 1. The van der Waals surface area contributed by atoms with Crippen molar-refractivity contribution in [1.82, 2.24) is 15.1 Å². The van der Waals surface area contributed by atoms with Crippen LogP contribution in [0.25, 0.3) is 0 Å². The molecule has 2 saturated heterocycles. The van der Waals surface area contributed by atoms with Crippen LogP contribution in [0.1, 0.15) is 59.2 Å². The van der Waals surface area contributed by atoms with Gasteiger partial charge in [-0.05, 0) is 49.4 Å². The van der Waals surface area contributed by atoms with Gasteiger partial charge in [0.15, 0.2) is 0 Å². The summed E-state index contributed by atoms with van der Waals surface area (Å²) in [6, 6.07) is 10.0. The van der Waals surface area contributed by atoms with E-state index in [0.29, 0.717) is 24.5 Å². The van der Waals surface area contributed by atoms with E-state index in [1.165, 1.54) is 4.90 Å². The number of rotatable bonds is 4. The molecule has 7 nitrogen and oxygen atoms in total. The lowest BCUT2D eigenvalue weighted by molar-refractivity contribution is -0.136. The smallest absolute Gasteiger partial charge is 0.255 e. The first-order valence-corrected chi connectivity index (χ1v) is 12.7. The number of hydrogen-bond acceptors (Lipinski definition) is 5. The Labute approximate surface area is 213 Å². The van der Waals surface area contributed by atoms with Gasteiger partial charge in [0.2, 0.25) is 11.8 Å². The summed E-state index contributed by atoms with van der Waals surface area (Å²) in [6.07, 6.45) is 2.35. The highest BCUT2D eigenvalue weighted by Gasteiger charge is 2.62. The first-order valence-electron chi connectivity index (χ1n) is 12.4. The normalized spacial score (nSPS) is 27.4. The number of nitrogens with one attached hydrogen (secondary N) is 1. The fourth-order valence-electron chi connectivity index (χ4n) is 6.27. The summed E-state index contributed by atoms with van der Waals surface area (Å²) >= 11 is 6.01. The average Bonchev–Trinajstić information content (AvgIpc) is 3.55. The number of carbonyl (C=O) groups is 3. The van der Waals surface area contributed by atoms with Gasteiger partial charge in [0.25, 0.3) is 5.91 Å². The van der Waals surface area contributed by atoms with E-state index in [4.69, 9.17) is 11.6 Å². The summed E-state index contributed by atoms with van der Waals surface area (Å²) in [7, 11) is 0. The molecule has 0 radical (unpaired) electrons. The van der Waals surface area contributed by atoms with Gasteiger partial charge in [0.05, 0.1) is 6.54 Å². The zero-order valence-corrected chi connectivity index (χ0v) is 20.5. The third-order valence-corrected chi connectivity index (χ3v) is 8.71. The third-order valence-electron chi connectivity index (χ3n) is 8.46. The van der Waals surface area contributed by atoms with Crippen LogP contribution in [0.5, 0.6) is 0 Å². The van der Waals surface area contributed by atoms with E-state index in [9.17, 15) is 19.5 Å². The summed E-state index contributed by atoms with van der Waals surface area (Å²) < 4.78 is 16.0. The fourth-order valence-corrected chi connectivity index (χ4v) is 6.40. The number of hydrogen-bond donors (Lipinski definition) is 2. The third kappa shape index (κ3) is 3.66. The molecule has 1 spiro atoms. The second-order valence-electron chi connectivity index (χ2n) is 10.6. The van der Waals surface area contributed by atoms with Crippen LogP contribution in [0.2, 0.25) is 5.02 Å². The molecular formula is C27H27ClFN3O4. The maximum absolute atomic E-state index is 16.0. The molecule has 3 amide bonds. The lowest BCUT2D eigenvalue weighted by Gasteiger charge is -2.46. The number of likely N-dealkylation sites (tertiary alicyclic amines) is 1. The SMILES string of the molecule is O=C1CCC(N2Cc3c(ccc(C4(O)CCN(Cc5ccc(Cl)cc5)CC45CC5)c3F)C2=O)C(=O)N1. The quantitative estimate of drug-likeness (QED) is 0.616. The van der Waals surface area contributed by atoms with Crippen LogP contribution in [0.3, 0.4) is 0 Å². The van der Waals surface area contributed by atoms with Crippen molar-refractivity contribution in [3.8, 4) is 0 Å². The summed E-state index contributed by atoms with van der Waals surface area (Å²) in [6.45, 7) is 1.95. The molecule has 1 saturated carbocycles. The molecule has 3 fully saturated rings. The zero-order valence-electron chi connectivity index (χ0n) is 19.7. The van der Waals surface area contributed by atoms with Crippen LogP contribution in [0, 0.1) is 11.2 Å². The van der Waals surface area contributed by atoms with Gasteiger partial charge in [-0.2, -0.15) is 0 Å². The molecule has 0 aromatic heterocycles. The number of nitrogens with zero attached hydrogens (tertiary/aromatic N) is 2. The maximum atomic E-state index is 16.0. The number of carbonyl (C=O) groups excluding carboxylic acids is 3. The molecule has 2 unspecified atom stereocenters. The van der Waals surface area contributed by atoms with Gasteiger partial charge in [-0.1, -0.05) is 29.8 Å². The minimum absolute atomic E-state index is 0.0497. The topological polar surface area (TPSA) is 90.0 Å². The molecule has 0 bridgehead atoms. The van der Waals surface area contributed by atoms with E-state index in [1.54, 1.807) is 12.1 Å². The summed E-state index contributed by atoms with van der Waals surface area (Å²) in [5.74, 6) is -1.88. The van der Waals surface area contributed by atoms with Crippen molar-refractivity contribution in [1.29, 1.82) is 0 Å². The highest BCUT2D eigenvalue weighted by atomic mass is 35.5. The van der Waals surface area contributed by atoms with Gasteiger partial charge >= 0.3 is 0 Å². The molecule has 3 heterocycles. The number of halogens is 2. The first kappa shape index (κ1) is 23.6. The Hall–Kier alpha value is -2.81. The minimum Gasteiger partial charge on any atom is -0.384 e. The molecular weight excluding hydrogens is 485 g/mol. The molecule has 2 atom stereocenters. The summed E-state index contributed by atoms with van der Waals surface area (Å²) in [5, 5.41) is 14.9. The van der Waals surface area contributed by atoms with Gasteiger partial charge in [-0.25, -0.2) is 4.39 Å². The van der Waals surface area contributed by atoms with E-state index in [0.717, 1.165) is 24.9 Å². The molecule has 1 aliphatic carbocycles. The van der Waals surface area contributed by atoms with Crippen molar-refractivity contribution in [2.45, 2.75) is 56.8 Å². The Bertz CT molecular complexity index is 1280. The van der Waals surface area contributed by atoms with Crippen molar-refractivity contribution in [2.24, 2.45) is 5.41 Å². The van der Waals surface area contributed by atoms with Gasteiger partial charge in [-0.15, -0.1) is 0 Å². The van der Waals surface area contributed by atoms with Crippen LogP contribution in [-0.2, 0) is 28.3 Å². The predicted molar refractivity (Wildman–Crippen MR) is 129 cm³/mol. The number of amides is 3. The Morgan fingerprint density at radius 2 is 1.83 bits per heavy atom. The van der Waals surface area contributed by atoms with E-state index < -0.39 is 34.7 Å². The van der Waals surface area contributed by atoms with Crippen LogP contribution in [-0.4, -0.2) is 51.8 Å². The molecule has 4 aliphatic rings. The number of imide groups is 1. The van der Waals surface area contributed by atoms with Crippen LogP contribution in [0.4, 0.5) is 4.39 Å². The largest absolute Gasteiger partial charge is 0.384 e. The lowest BCUT2D eigenvalue weighted by Crippen LogP contribution is -2.52. The lowest BCUT2D eigenvalue weighted by atomic mass is 9.72. The highest BCUT2D eigenvalue weighted by molar-refractivity contribution is 6.30. The Balaban J connectivity index is 1.25. The van der Waals surface area contributed by atoms with E-state index in [-0.39, 0.29) is 42.0 Å². The van der Waals surface area contributed by atoms with Crippen LogP contribution >= 0.6 is 11.6 Å². The molecule has 2 N–H and O–H groups in total. The predicted octanol–water partition coefficient (Wildman–Crippen LogP) is 3.11. The molecule has 6 rings (SSSR count). The second kappa shape index (κ2) is 8.36. The van der Waals surface area contributed by atoms with E-state index in [1.807, 2.05) is 24.3 Å². The van der Waals surface area contributed by atoms with Crippen molar-refractivity contribution >= 4 is 29.3 Å². The second-order valence-corrected chi connectivity index (χ2v) is 11.0. The number of aliphatic hydroxyl groups is 1. The molecule has 188 valence electrons. The Morgan fingerprint density at radius 1 is 1.08 bits per heavy atom. The average molecular weight is 512 g/mol. The van der Waals surface area contributed by atoms with Crippen molar-refractivity contribution < 1.29 is 23.9 Å².